The minimum Gasteiger partial charge on any atom is -0.352 e. The molecule has 2 aromatic carbocycles. The summed E-state index contributed by atoms with van der Waals surface area (Å²) in [7, 11) is -3.32. The minimum atomic E-state index is -3.32. The van der Waals surface area contributed by atoms with Gasteiger partial charge in [-0.2, -0.15) is 0 Å². The Labute approximate surface area is 171 Å². The third kappa shape index (κ3) is 5.90. The molecule has 0 heterocycles. The molecule has 0 spiro atoms. The summed E-state index contributed by atoms with van der Waals surface area (Å²) in [6, 6.07) is 13.3. The van der Waals surface area contributed by atoms with Crippen LogP contribution in [0.1, 0.15) is 36.8 Å². The zero-order valence-corrected chi connectivity index (χ0v) is 17.1. The van der Waals surface area contributed by atoms with Crippen LogP contribution < -0.4 is 10.0 Å². The first-order valence-corrected chi connectivity index (χ1v) is 11.4. The number of hydrogen-bond donors (Lipinski definition) is 2. The summed E-state index contributed by atoms with van der Waals surface area (Å²) in [5.41, 5.74) is 2.18. The molecule has 29 heavy (non-hydrogen) atoms. The predicted molar refractivity (Wildman–Crippen MR) is 113 cm³/mol. The topological polar surface area (TPSA) is 75.3 Å². The molecule has 0 atom stereocenters. The van der Waals surface area contributed by atoms with Gasteiger partial charge < -0.3 is 5.32 Å². The van der Waals surface area contributed by atoms with Gasteiger partial charge in [0.25, 0.3) is 0 Å². The van der Waals surface area contributed by atoms with Crippen molar-refractivity contribution in [1.82, 2.24) is 5.32 Å². The lowest BCUT2D eigenvalue weighted by Gasteiger charge is -2.29. The second-order valence-corrected chi connectivity index (χ2v) is 9.29. The monoisotopic (exact) mass is 416 g/mol. The van der Waals surface area contributed by atoms with E-state index >= 15 is 0 Å². The highest BCUT2D eigenvalue weighted by molar-refractivity contribution is 7.92. The van der Waals surface area contributed by atoms with Crippen LogP contribution in [-0.2, 0) is 20.2 Å². The molecule has 0 aromatic heterocycles. The lowest BCUT2D eigenvalue weighted by molar-refractivity contribution is -0.116. The number of rotatable bonds is 7. The van der Waals surface area contributed by atoms with Gasteiger partial charge in [-0.3, -0.25) is 9.52 Å². The van der Waals surface area contributed by atoms with E-state index in [0.29, 0.717) is 12.2 Å². The van der Waals surface area contributed by atoms with Crippen molar-refractivity contribution in [1.29, 1.82) is 0 Å². The summed E-state index contributed by atoms with van der Waals surface area (Å²) in [4.78, 5) is 12.3. The summed E-state index contributed by atoms with van der Waals surface area (Å²) in [6.07, 6.45) is 8.36. The summed E-state index contributed by atoms with van der Waals surface area (Å²) in [5, 5.41) is 2.98. The van der Waals surface area contributed by atoms with Crippen molar-refractivity contribution >= 4 is 27.7 Å². The van der Waals surface area contributed by atoms with Crippen molar-refractivity contribution in [2.45, 2.75) is 31.1 Å². The van der Waals surface area contributed by atoms with E-state index in [0.717, 1.165) is 43.1 Å². The molecule has 1 amide bonds. The molecule has 1 aliphatic carbocycles. The van der Waals surface area contributed by atoms with Crippen molar-refractivity contribution in [3.05, 3.63) is 71.6 Å². The quantitative estimate of drug-likeness (QED) is 0.674. The summed E-state index contributed by atoms with van der Waals surface area (Å²) in [6.45, 7) is 0.513. The third-order valence-corrected chi connectivity index (χ3v) is 5.87. The molecule has 2 N–H and O–H groups in total. The lowest BCUT2D eigenvalue weighted by Crippen LogP contribution is -2.38. The number of nitrogens with one attached hydrogen (secondary N) is 2. The van der Waals surface area contributed by atoms with E-state index < -0.39 is 10.0 Å². The van der Waals surface area contributed by atoms with Crippen LogP contribution in [0.3, 0.4) is 0 Å². The number of amides is 1. The van der Waals surface area contributed by atoms with Gasteiger partial charge in [0, 0.05) is 23.7 Å². The molecule has 1 saturated carbocycles. The molecule has 1 fully saturated rings. The van der Waals surface area contributed by atoms with E-state index in [1.807, 2.05) is 12.1 Å². The standard InChI is InChI=1S/C22H25FN2O3S/c1-29(27,28)25-20-11-4-17(5-12-20)6-13-21(26)24-16-22(14-2-3-15-22)18-7-9-19(23)10-8-18/h4-13,25H,2-3,14-16H2,1H3,(H,24,26). The first-order valence-electron chi connectivity index (χ1n) is 9.56. The second kappa shape index (κ2) is 8.78. The van der Waals surface area contributed by atoms with Crippen LogP contribution in [0.25, 0.3) is 6.08 Å². The van der Waals surface area contributed by atoms with Crippen LogP contribution in [0.4, 0.5) is 10.1 Å². The van der Waals surface area contributed by atoms with Crippen LogP contribution in [0, 0.1) is 5.82 Å². The zero-order valence-electron chi connectivity index (χ0n) is 16.3. The molecule has 1 aliphatic rings. The van der Waals surface area contributed by atoms with Gasteiger partial charge in [0.1, 0.15) is 5.82 Å². The Balaban J connectivity index is 1.60. The van der Waals surface area contributed by atoms with Crippen molar-refractivity contribution in [3.8, 4) is 0 Å². The molecule has 3 rings (SSSR count). The Bertz CT molecular complexity index is 978. The smallest absolute Gasteiger partial charge is 0.244 e. The largest absolute Gasteiger partial charge is 0.352 e. The Hall–Kier alpha value is -2.67. The summed E-state index contributed by atoms with van der Waals surface area (Å²) in [5.74, 6) is -0.455. The first-order chi connectivity index (χ1) is 13.8. The molecule has 2 aromatic rings. The fourth-order valence-corrected chi connectivity index (χ4v) is 4.35. The van der Waals surface area contributed by atoms with Crippen molar-refractivity contribution < 1.29 is 17.6 Å². The maximum atomic E-state index is 13.3. The van der Waals surface area contributed by atoms with E-state index in [-0.39, 0.29) is 17.1 Å². The van der Waals surface area contributed by atoms with Crippen molar-refractivity contribution in [2.24, 2.45) is 0 Å². The highest BCUT2D eigenvalue weighted by Crippen LogP contribution is 2.40. The van der Waals surface area contributed by atoms with Gasteiger partial charge in [0.15, 0.2) is 0 Å². The van der Waals surface area contributed by atoms with E-state index in [4.69, 9.17) is 0 Å². The fourth-order valence-electron chi connectivity index (χ4n) is 3.79. The molecule has 7 heteroatoms. The van der Waals surface area contributed by atoms with Gasteiger partial charge in [0.05, 0.1) is 6.26 Å². The number of carbonyl (C=O) groups is 1. The molecule has 154 valence electrons. The van der Waals surface area contributed by atoms with Crippen LogP contribution in [-0.4, -0.2) is 27.1 Å². The average molecular weight is 417 g/mol. The first kappa shape index (κ1) is 21.0. The summed E-state index contributed by atoms with van der Waals surface area (Å²) < 4.78 is 38.1. The maximum absolute atomic E-state index is 13.3. The molecular formula is C22H25FN2O3S. The predicted octanol–water partition coefficient (Wildman–Crippen LogP) is 3.84. The molecule has 5 nitrogen and oxygen atoms in total. The average Bonchev–Trinajstić information content (AvgIpc) is 3.15. The Morgan fingerprint density at radius 3 is 2.28 bits per heavy atom. The molecule has 0 aliphatic heterocycles. The van der Waals surface area contributed by atoms with Crippen LogP contribution in [0.5, 0.6) is 0 Å². The number of benzene rings is 2. The van der Waals surface area contributed by atoms with E-state index in [1.165, 1.54) is 18.2 Å². The van der Waals surface area contributed by atoms with Gasteiger partial charge in [-0.25, -0.2) is 12.8 Å². The normalized spacial score (nSPS) is 16.1. The minimum absolute atomic E-state index is 0.143. The fraction of sp³-hybridized carbons (Fsp3) is 0.318. The number of hydrogen-bond acceptors (Lipinski definition) is 3. The highest BCUT2D eigenvalue weighted by Gasteiger charge is 2.35. The Morgan fingerprint density at radius 2 is 1.69 bits per heavy atom. The number of carbonyl (C=O) groups excluding carboxylic acids is 1. The van der Waals surface area contributed by atoms with Crippen molar-refractivity contribution in [3.63, 3.8) is 0 Å². The van der Waals surface area contributed by atoms with Gasteiger partial charge in [-0.05, 0) is 54.3 Å². The summed E-state index contributed by atoms with van der Waals surface area (Å²) >= 11 is 0. The van der Waals surface area contributed by atoms with Gasteiger partial charge in [0.2, 0.25) is 15.9 Å². The molecule has 0 bridgehead atoms. The Morgan fingerprint density at radius 1 is 1.07 bits per heavy atom. The van der Waals surface area contributed by atoms with Gasteiger partial charge >= 0.3 is 0 Å². The van der Waals surface area contributed by atoms with E-state index in [2.05, 4.69) is 10.0 Å². The number of halogens is 1. The second-order valence-electron chi connectivity index (χ2n) is 7.54. The number of anilines is 1. The molecule has 0 saturated heterocycles. The molecule has 0 unspecified atom stereocenters. The van der Waals surface area contributed by atoms with Gasteiger partial charge in [-0.15, -0.1) is 0 Å². The van der Waals surface area contributed by atoms with Crippen LogP contribution in [0.2, 0.25) is 0 Å². The van der Waals surface area contributed by atoms with Crippen molar-refractivity contribution in [2.75, 3.05) is 17.5 Å². The zero-order chi connectivity index (χ0) is 20.9. The maximum Gasteiger partial charge on any atom is 0.244 e. The molecule has 0 radical (unpaired) electrons. The van der Waals surface area contributed by atoms with E-state index in [1.54, 1.807) is 30.3 Å². The lowest BCUT2D eigenvalue weighted by atomic mass is 9.79. The van der Waals surface area contributed by atoms with Gasteiger partial charge in [-0.1, -0.05) is 37.1 Å². The number of sulfonamides is 1. The van der Waals surface area contributed by atoms with Crippen LogP contribution in [0.15, 0.2) is 54.6 Å². The SMILES string of the molecule is CS(=O)(=O)Nc1ccc(C=CC(=O)NCC2(c3ccc(F)cc3)CCCC2)cc1. The highest BCUT2D eigenvalue weighted by atomic mass is 32.2. The third-order valence-electron chi connectivity index (χ3n) is 5.26. The van der Waals surface area contributed by atoms with Crippen LogP contribution >= 0.6 is 0 Å². The van der Waals surface area contributed by atoms with E-state index in [9.17, 15) is 17.6 Å². The Kier molecular flexibility index (Phi) is 6.37. The molecular weight excluding hydrogens is 391 g/mol.